The van der Waals surface area contributed by atoms with Gasteiger partial charge in [0.05, 0.1) is 24.4 Å². The van der Waals surface area contributed by atoms with E-state index in [9.17, 15) is 10.1 Å². The van der Waals surface area contributed by atoms with Gasteiger partial charge in [-0.25, -0.2) is 9.79 Å². The Balaban J connectivity index is 1.90. The van der Waals surface area contributed by atoms with Gasteiger partial charge in [0.25, 0.3) is 0 Å². The minimum atomic E-state index is -0.581. The predicted octanol–water partition coefficient (Wildman–Crippen LogP) is 1.97. The van der Waals surface area contributed by atoms with Crippen molar-refractivity contribution < 1.29 is 19.0 Å². The Morgan fingerprint density at radius 1 is 1.46 bits per heavy atom. The molecule has 0 aliphatic carbocycles. The van der Waals surface area contributed by atoms with Crippen LogP contribution in [0, 0.1) is 11.3 Å². The molecular weight excluding hydrogens is 356 g/mol. The van der Waals surface area contributed by atoms with Crippen molar-refractivity contribution in [3.63, 3.8) is 0 Å². The highest BCUT2D eigenvalue weighted by Gasteiger charge is 2.42. The van der Waals surface area contributed by atoms with E-state index >= 15 is 0 Å². The average Bonchev–Trinajstić information content (AvgIpc) is 3.23. The first-order valence-corrected chi connectivity index (χ1v) is 8.51. The van der Waals surface area contributed by atoms with Crippen LogP contribution in [0.2, 0.25) is 0 Å². The fourth-order valence-electron chi connectivity index (χ4n) is 3.11. The number of carbonyl (C=O) groups excluding carboxylic acids is 1. The Labute approximate surface area is 153 Å². The molecule has 1 aromatic carbocycles. The van der Waals surface area contributed by atoms with Gasteiger partial charge in [0, 0.05) is 0 Å². The maximum absolute atomic E-state index is 12.5. The molecule has 1 aromatic rings. The largest absolute Gasteiger partial charge is 0.466 e. The summed E-state index contributed by atoms with van der Waals surface area (Å²) in [5.41, 5.74) is 7.82. The Kier molecular flexibility index (Phi) is 3.77. The van der Waals surface area contributed by atoms with Crippen molar-refractivity contribution in [1.29, 1.82) is 5.26 Å². The van der Waals surface area contributed by atoms with Gasteiger partial charge in [-0.05, 0) is 36.4 Å². The summed E-state index contributed by atoms with van der Waals surface area (Å²) in [5, 5.41) is 9.87. The number of rotatable bonds is 2. The van der Waals surface area contributed by atoms with E-state index in [4.69, 9.17) is 19.9 Å². The van der Waals surface area contributed by atoms with Gasteiger partial charge in [-0.1, -0.05) is 6.07 Å². The van der Waals surface area contributed by atoms with Gasteiger partial charge in [0.1, 0.15) is 16.8 Å². The van der Waals surface area contributed by atoms with Crippen LogP contribution in [0.4, 0.5) is 0 Å². The average molecular weight is 370 g/mol. The Morgan fingerprint density at radius 2 is 2.23 bits per heavy atom. The van der Waals surface area contributed by atoms with Crippen LogP contribution in [0.1, 0.15) is 18.5 Å². The van der Waals surface area contributed by atoms with Gasteiger partial charge in [-0.15, -0.1) is 0 Å². The summed E-state index contributed by atoms with van der Waals surface area (Å²) in [6.45, 7) is 1.88. The molecule has 0 bridgehead atoms. The minimum Gasteiger partial charge on any atom is -0.466 e. The molecule has 0 spiro atoms. The number of aliphatic imine (C=N–C) groups is 1. The molecule has 0 amide bonds. The summed E-state index contributed by atoms with van der Waals surface area (Å²) >= 11 is 1.18. The van der Waals surface area contributed by atoms with Gasteiger partial charge in [0.2, 0.25) is 6.79 Å². The van der Waals surface area contributed by atoms with E-state index in [1.807, 2.05) is 6.07 Å². The van der Waals surface area contributed by atoms with Crippen LogP contribution in [0.5, 0.6) is 11.5 Å². The second kappa shape index (κ2) is 6.00. The van der Waals surface area contributed by atoms with E-state index in [2.05, 4.69) is 11.1 Å². The zero-order valence-electron chi connectivity index (χ0n) is 14.0. The van der Waals surface area contributed by atoms with Gasteiger partial charge < -0.3 is 19.9 Å². The van der Waals surface area contributed by atoms with E-state index in [-0.39, 0.29) is 12.6 Å². The Hall–Kier alpha value is -3.12. The fraction of sp³-hybridized carbons (Fsp3) is 0.235. The molecule has 0 aromatic heterocycles. The van der Waals surface area contributed by atoms with Crippen molar-refractivity contribution in [2.45, 2.75) is 13.0 Å². The highest BCUT2D eigenvalue weighted by Crippen LogP contribution is 2.46. The molecule has 0 saturated heterocycles. The van der Waals surface area contributed by atoms with Crippen LogP contribution in [-0.2, 0) is 9.53 Å². The van der Waals surface area contributed by atoms with Gasteiger partial charge >= 0.3 is 5.97 Å². The van der Waals surface area contributed by atoms with Gasteiger partial charge in [-0.3, -0.25) is 4.90 Å². The number of methoxy groups -OCH3 is 1. The molecule has 3 aliphatic rings. The highest BCUT2D eigenvalue weighted by molar-refractivity contribution is 8.17. The molecule has 2 N–H and O–H groups in total. The summed E-state index contributed by atoms with van der Waals surface area (Å²) in [5.74, 6) is 0.975. The Bertz CT molecular complexity index is 960. The van der Waals surface area contributed by atoms with Crippen molar-refractivity contribution in [1.82, 2.24) is 4.90 Å². The molecule has 1 atom stereocenters. The number of nitrogens with two attached hydrogens (primary N) is 1. The number of amidine groups is 1. The van der Waals surface area contributed by atoms with Crippen LogP contribution in [0.15, 0.2) is 45.2 Å². The number of esters is 1. The number of hydrogen-bond donors (Lipinski definition) is 1. The molecule has 4 rings (SSSR count). The summed E-state index contributed by atoms with van der Waals surface area (Å²) in [6, 6.07) is 6.90. The molecule has 0 radical (unpaired) electrons. The maximum Gasteiger partial charge on any atom is 0.338 e. The first-order chi connectivity index (χ1) is 12.5. The topological polar surface area (TPSA) is 110 Å². The number of ether oxygens (including phenoxy) is 3. The lowest BCUT2D eigenvalue weighted by atomic mass is 9.94. The third kappa shape index (κ3) is 2.30. The summed E-state index contributed by atoms with van der Waals surface area (Å²) in [4.78, 5) is 18.9. The molecule has 0 unspecified atom stereocenters. The van der Waals surface area contributed by atoms with E-state index < -0.39 is 12.0 Å². The summed E-state index contributed by atoms with van der Waals surface area (Å²) in [6.07, 6.45) is 0. The third-order valence-electron chi connectivity index (χ3n) is 4.30. The number of nitrogens with zero attached hydrogens (tertiary/aromatic N) is 3. The first kappa shape index (κ1) is 16.4. The SMILES string of the molecule is COC(=O)C1=C(C)N=C2SC(C#N)=C(N)N2[C@H]1c1ccc2c(c1)OCO2. The third-order valence-corrected chi connectivity index (χ3v) is 5.27. The molecule has 26 heavy (non-hydrogen) atoms. The summed E-state index contributed by atoms with van der Waals surface area (Å²) in [7, 11) is 1.32. The van der Waals surface area contributed by atoms with E-state index in [0.29, 0.717) is 32.8 Å². The first-order valence-electron chi connectivity index (χ1n) is 7.69. The number of allylic oxidation sites excluding steroid dienone is 2. The van der Waals surface area contributed by atoms with Crippen molar-refractivity contribution in [3.8, 4) is 17.6 Å². The molecule has 0 fully saturated rings. The normalized spacial score (nSPS) is 20.7. The number of fused-ring (bicyclic) bond motifs is 2. The van der Waals surface area contributed by atoms with E-state index in [1.54, 1.807) is 24.0 Å². The second-order valence-electron chi connectivity index (χ2n) is 5.70. The lowest BCUT2D eigenvalue weighted by Gasteiger charge is -2.34. The number of nitriles is 1. The summed E-state index contributed by atoms with van der Waals surface area (Å²) < 4.78 is 15.8. The van der Waals surface area contributed by atoms with Crippen LogP contribution in [-0.4, -0.2) is 29.9 Å². The molecule has 9 heteroatoms. The van der Waals surface area contributed by atoms with E-state index in [0.717, 1.165) is 5.56 Å². The standard InChI is InChI=1S/C17H14N4O4S/c1-8-13(16(22)23-2)14(9-3-4-10-11(5-9)25-7-24-10)21-15(19)12(6-18)26-17(21)20-8/h3-5,14H,7,19H2,1-2H3/t14-/m0/s1. The van der Waals surface area contributed by atoms with Crippen LogP contribution >= 0.6 is 11.8 Å². The van der Waals surface area contributed by atoms with Crippen LogP contribution in [0.3, 0.4) is 0 Å². The van der Waals surface area contributed by atoms with Gasteiger partial charge in [-0.2, -0.15) is 5.26 Å². The van der Waals surface area contributed by atoms with Crippen molar-refractivity contribution in [3.05, 3.63) is 45.8 Å². The van der Waals surface area contributed by atoms with Crippen molar-refractivity contribution >= 4 is 22.9 Å². The lowest BCUT2D eigenvalue weighted by molar-refractivity contribution is -0.136. The minimum absolute atomic E-state index is 0.148. The number of benzene rings is 1. The van der Waals surface area contributed by atoms with Crippen molar-refractivity contribution in [2.75, 3.05) is 13.9 Å². The van der Waals surface area contributed by atoms with Crippen LogP contribution in [0.25, 0.3) is 0 Å². The smallest absolute Gasteiger partial charge is 0.338 e. The number of carbonyl (C=O) groups is 1. The molecule has 0 saturated carbocycles. The quantitative estimate of drug-likeness (QED) is 0.787. The second-order valence-corrected chi connectivity index (χ2v) is 6.68. The predicted molar refractivity (Wildman–Crippen MR) is 93.7 cm³/mol. The van der Waals surface area contributed by atoms with Gasteiger partial charge in [0.15, 0.2) is 16.7 Å². The zero-order valence-corrected chi connectivity index (χ0v) is 14.8. The lowest BCUT2D eigenvalue weighted by Crippen LogP contribution is -2.38. The molecule has 3 heterocycles. The molecule has 3 aliphatic heterocycles. The fourth-order valence-corrected chi connectivity index (χ4v) is 4.03. The monoisotopic (exact) mass is 370 g/mol. The molecule has 132 valence electrons. The molecule has 8 nitrogen and oxygen atoms in total. The highest BCUT2D eigenvalue weighted by atomic mass is 32.2. The van der Waals surface area contributed by atoms with E-state index in [1.165, 1.54) is 18.9 Å². The van der Waals surface area contributed by atoms with Crippen molar-refractivity contribution in [2.24, 2.45) is 10.7 Å². The number of thioether (sulfide) groups is 1. The molecular formula is C17H14N4O4S. The number of hydrogen-bond acceptors (Lipinski definition) is 9. The Morgan fingerprint density at radius 3 is 2.96 bits per heavy atom. The zero-order chi connectivity index (χ0) is 18.4. The maximum atomic E-state index is 12.5. The van der Waals surface area contributed by atoms with Crippen LogP contribution < -0.4 is 15.2 Å².